The number of aromatic nitrogens is 2. The summed E-state index contributed by atoms with van der Waals surface area (Å²) in [6.07, 6.45) is 2.79. The number of carboxylic acid groups (broad SMARTS) is 1. The van der Waals surface area contributed by atoms with E-state index in [9.17, 15) is 22.4 Å². The van der Waals surface area contributed by atoms with Gasteiger partial charge in [-0.2, -0.15) is 18.3 Å². The zero-order valence-corrected chi connectivity index (χ0v) is 20.1. The molecule has 1 aromatic carbocycles. The smallest absolute Gasteiger partial charge is 0.475 e. The summed E-state index contributed by atoms with van der Waals surface area (Å²) in [5.41, 5.74) is 2.94. The number of likely N-dealkylation sites (N-methyl/N-ethyl adjacent to an activating group) is 1. The van der Waals surface area contributed by atoms with Crippen LogP contribution in [0.3, 0.4) is 0 Å². The van der Waals surface area contributed by atoms with Crippen molar-refractivity contribution in [2.45, 2.75) is 56.8 Å². The van der Waals surface area contributed by atoms with Crippen LogP contribution >= 0.6 is 0 Å². The van der Waals surface area contributed by atoms with Crippen LogP contribution in [0.1, 0.15) is 53.7 Å². The van der Waals surface area contributed by atoms with Crippen molar-refractivity contribution in [1.29, 1.82) is 0 Å². The van der Waals surface area contributed by atoms with Crippen molar-refractivity contribution >= 4 is 11.9 Å². The van der Waals surface area contributed by atoms with Crippen LogP contribution in [-0.2, 0) is 23.3 Å². The maximum absolute atomic E-state index is 13.2. The number of aliphatic carboxylic acids is 1. The van der Waals surface area contributed by atoms with Gasteiger partial charge >= 0.3 is 12.1 Å². The maximum Gasteiger partial charge on any atom is 0.490 e. The molecule has 2 aromatic rings. The summed E-state index contributed by atoms with van der Waals surface area (Å²) in [6.45, 7) is 4.47. The molecule has 5 rings (SSSR count). The van der Waals surface area contributed by atoms with Crippen LogP contribution in [-0.4, -0.2) is 69.4 Å². The summed E-state index contributed by atoms with van der Waals surface area (Å²) in [4.78, 5) is 26.0. The van der Waals surface area contributed by atoms with E-state index in [-0.39, 0.29) is 17.1 Å². The normalized spacial score (nSPS) is 19.9. The Morgan fingerprint density at radius 2 is 1.78 bits per heavy atom. The van der Waals surface area contributed by atoms with Gasteiger partial charge in [0, 0.05) is 38.3 Å². The number of piperidine rings is 1. The fraction of sp³-hybridized carbons (Fsp3) is 0.560. The van der Waals surface area contributed by atoms with Gasteiger partial charge in [0.05, 0.1) is 11.3 Å². The molecular formula is C25H30F4N4O3. The van der Waals surface area contributed by atoms with Crippen LogP contribution in [0.2, 0.25) is 0 Å². The molecule has 1 aromatic heterocycles. The lowest BCUT2D eigenvalue weighted by Crippen LogP contribution is -2.53. The van der Waals surface area contributed by atoms with Gasteiger partial charge in [-0.1, -0.05) is 18.6 Å². The minimum Gasteiger partial charge on any atom is -0.475 e. The lowest BCUT2D eigenvalue weighted by molar-refractivity contribution is -0.192. The summed E-state index contributed by atoms with van der Waals surface area (Å²) in [5.74, 6) is -2.12. The van der Waals surface area contributed by atoms with Crippen LogP contribution in [0.15, 0.2) is 30.5 Å². The molecular weight excluding hydrogens is 480 g/mol. The first kappa shape index (κ1) is 26.1. The number of carbonyl (C=O) groups excluding carboxylic acids is 1. The van der Waals surface area contributed by atoms with Gasteiger partial charge in [-0.3, -0.25) is 14.4 Å². The Hall–Kier alpha value is -2.95. The summed E-state index contributed by atoms with van der Waals surface area (Å²) in [7, 11) is 1.92. The highest BCUT2D eigenvalue weighted by atomic mass is 19.4. The second-order valence-corrected chi connectivity index (χ2v) is 10.1. The number of hydrogen-bond donors (Lipinski definition) is 1. The highest BCUT2D eigenvalue weighted by molar-refractivity contribution is 5.96. The van der Waals surface area contributed by atoms with Crippen molar-refractivity contribution in [3.63, 3.8) is 0 Å². The van der Waals surface area contributed by atoms with Crippen molar-refractivity contribution < 1.29 is 32.3 Å². The summed E-state index contributed by atoms with van der Waals surface area (Å²) < 4.78 is 46.9. The van der Waals surface area contributed by atoms with E-state index in [1.165, 1.54) is 31.4 Å². The topological polar surface area (TPSA) is 78.7 Å². The number of benzene rings is 1. The van der Waals surface area contributed by atoms with Crippen LogP contribution < -0.4 is 0 Å². The zero-order valence-electron chi connectivity index (χ0n) is 20.1. The van der Waals surface area contributed by atoms with Gasteiger partial charge in [-0.25, -0.2) is 9.18 Å². The van der Waals surface area contributed by atoms with Gasteiger partial charge in [-0.15, -0.1) is 0 Å². The number of likely N-dealkylation sites (tertiary alicyclic amines) is 1. The molecule has 196 valence electrons. The Labute approximate surface area is 206 Å². The van der Waals surface area contributed by atoms with Crippen molar-refractivity contribution in [2.75, 3.05) is 26.7 Å². The molecule has 1 amide bonds. The maximum atomic E-state index is 13.2. The molecule has 2 fully saturated rings. The first-order chi connectivity index (χ1) is 17.0. The molecule has 1 saturated carbocycles. The second-order valence-electron chi connectivity index (χ2n) is 10.1. The van der Waals surface area contributed by atoms with Gasteiger partial charge in [0.15, 0.2) is 0 Å². The van der Waals surface area contributed by atoms with Gasteiger partial charge in [0.1, 0.15) is 5.82 Å². The first-order valence-electron chi connectivity index (χ1n) is 12.1. The Kier molecular flexibility index (Phi) is 7.40. The number of alkyl halides is 3. The van der Waals surface area contributed by atoms with E-state index in [0.29, 0.717) is 0 Å². The number of halogens is 4. The molecule has 1 spiro atoms. The average molecular weight is 511 g/mol. The predicted molar refractivity (Wildman–Crippen MR) is 123 cm³/mol. The third kappa shape index (κ3) is 5.71. The number of rotatable bonds is 4. The molecule has 0 radical (unpaired) electrons. The third-order valence-electron chi connectivity index (χ3n) is 7.43. The summed E-state index contributed by atoms with van der Waals surface area (Å²) in [6, 6.07) is 6.80. The zero-order chi connectivity index (χ0) is 26.1. The van der Waals surface area contributed by atoms with Crippen molar-refractivity contribution in [2.24, 2.45) is 5.92 Å². The molecule has 11 heteroatoms. The number of amides is 1. The molecule has 0 atom stereocenters. The summed E-state index contributed by atoms with van der Waals surface area (Å²) >= 11 is 0. The molecule has 1 aliphatic carbocycles. The van der Waals surface area contributed by atoms with Gasteiger partial charge in [0.2, 0.25) is 0 Å². The number of carbonyl (C=O) groups is 2. The fourth-order valence-corrected chi connectivity index (χ4v) is 5.19. The number of hydrogen-bond acceptors (Lipinski definition) is 4. The molecule has 0 bridgehead atoms. The van der Waals surface area contributed by atoms with Gasteiger partial charge < -0.3 is 10.0 Å². The van der Waals surface area contributed by atoms with E-state index in [1.54, 1.807) is 0 Å². The Morgan fingerprint density at radius 1 is 1.17 bits per heavy atom. The fourth-order valence-electron chi connectivity index (χ4n) is 5.19. The molecule has 7 nitrogen and oxygen atoms in total. The predicted octanol–water partition coefficient (Wildman–Crippen LogP) is 4.08. The second kappa shape index (κ2) is 10.2. The van der Waals surface area contributed by atoms with Crippen molar-refractivity contribution in [3.8, 4) is 0 Å². The average Bonchev–Trinajstić information content (AvgIpc) is 3.23. The van der Waals surface area contributed by atoms with Crippen LogP contribution in [0.25, 0.3) is 0 Å². The van der Waals surface area contributed by atoms with Gasteiger partial charge in [-0.05, 0) is 62.4 Å². The number of carboxylic acids is 1. The van der Waals surface area contributed by atoms with E-state index in [1.807, 2.05) is 35.0 Å². The van der Waals surface area contributed by atoms with E-state index >= 15 is 0 Å². The first-order valence-corrected chi connectivity index (χ1v) is 12.1. The number of fused-ring (bicyclic) bond motifs is 2. The number of nitrogens with zero attached hydrogens (tertiary/aromatic N) is 4. The van der Waals surface area contributed by atoms with Crippen LogP contribution in [0, 0.1) is 11.7 Å². The minimum atomic E-state index is -5.08. The molecule has 3 heterocycles. The molecule has 1 N–H and O–H groups in total. The van der Waals surface area contributed by atoms with E-state index in [2.05, 4.69) is 4.90 Å². The molecule has 0 unspecified atom stereocenters. The highest BCUT2D eigenvalue weighted by Crippen LogP contribution is 2.41. The molecule has 1 saturated heterocycles. The minimum absolute atomic E-state index is 0.0395. The monoisotopic (exact) mass is 510 g/mol. The quantitative estimate of drug-likeness (QED) is 0.628. The van der Waals surface area contributed by atoms with Crippen molar-refractivity contribution in [3.05, 3.63) is 53.1 Å². The summed E-state index contributed by atoms with van der Waals surface area (Å²) in [5, 5.41) is 12.1. The molecule has 2 aliphatic heterocycles. The highest BCUT2D eigenvalue weighted by Gasteiger charge is 2.46. The van der Waals surface area contributed by atoms with Crippen LogP contribution in [0.4, 0.5) is 17.6 Å². The lowest BCUT2D eigenvalue weighted by atomic mass is 9.72. The Balaban J connectivity index is 0.000000384. The van der Waals surface area contributed by atoms with Crippen molar-refractivity contribution in [1.82, 2.24) is 19.6 Å². The SMILES string of the molecule is CN1CC2(CCN(Cc3ccc(F)cc3)CC2)c2nn(CC3CCC3)cc2C1=O.O=C(O)C(F)(F)F. The van der Waals surface area contributed by atoms with E-state index in [0.717, 1.165) is 68.3 Å². The van der Waals surface area contributed by atoms with E-state index < -0.39 is 12.1 Å². The van der Waals surface area contributed by atoms with Gasteiger partial charge in [0.25, 0.3) is 5.91 Å². The molecule has 36 heavy (non-hydrogen) atoms. The largest absolute Gasteiger partial charge is 0.490 e. The third-order valence-corrected chi connectivity index (χ3v) is 7.43. The lowest BCUT2D eigenvalue weighted by Gasteiger charge is -2.45. The van der Waals surface area contributed by atoms with E-state index in [4.69, 9.17) is 15.0 Å². The Bertz CT molecular complexity index is 1090. The van der Waals surface area contributed by atoms with Crippen LogP contribution in [0.5, 0.6) is 0 Å². The molecule has 3 aliphatic rings. The Morgan fingerprint density at radius 3 is 2.31 bits per heavy atom. The standard InChI is InChI=1S/C23H29FN4O.C2HF3O2/c1-26-16-23(9-11-27(12-10-23)13-18-5-7-19(24)8-6-18)21-20(22(26)29)15-28(25-21)14-17-3-2-4-17;3-2(4,5)1(6)7/h5-8,15,17H,2-4,9-14,16H2,1H3;(H,6,7).